The Kier molecular flexibility index (Phi) is 5.09. The van der Waals surface area contributed by atoms with E-state index in [4.69, 9.17) is 0 Å². The van der Waals surface area contributed by atoms with Gasteiger partial charge in [-0.3, -0.25) is 4.79 Å². The molecule has 0 aliphatic heterocycles. The van der Waals surface area contributed by atoms with Gasteiger partial charge in [-0.05, 0) is 51.0 Å². The highest BCUT2D eigenvalue weighted by molar-refractivity contribution is 5.92. The Morgan fingerprint density at radius 2 is 1.68 bits per heavy atom. The molecule has 5 heteroatoms. The molecule has 0 atom stereocenters. The van der Waals surface area contributed by atoms with Gasteiger partial charge in [-0.1, -0.05) is 18.2 Å². The number of para-hydroxylation sites is 1. The molecule has 0 aliphatic rings. The molecule has 1 heterocycles. The van der Waals surface area contributed by atoms with Gasteiger partial charge < -0.3 is 10.2 Å². The largest absolute Gasteiger partial charge is 0.338 e. The van der Waals surface area contributed by atoms with Crippen LogP contribution >= 0.6 is 0 Å². The number of aryl methyl sites for hydroxylation is 2. The molecule has 0 saturated carbocycles. The lowest BCUT2D eigenvalue weighted by atomic mass is 10.1. The maximum Gasteiger partial charge on any atom is 0.274 e. The zero-order chi connectivity index (χ0) is 16.1. The molecular weight excluding hydrogens is 276 g/mol. The van der Waals surface area contributed by atoms with E-state index < -0.39 is 0 Å². The first-order valence-electron chi connectivity index (χ1n) is 7.53. The number of hydrogen-bond donors (Lipinski definition) is 1. The molecule has 1 N–H and O–H groups in total. The molecule has 2 rings (SSSR count). The van der Waals surface area contributed by atoms with Gasteiger partial charge in [0, 0.05) is 18.8 Å². The monoisotopic (exact) mass is 298 g/mol. The summed E-state index contributed by atoms with van der Waals surface area (Å²) in [4.78, 5) is 13.9. The lowest BCUT2D eigenvalue weighted by Crippen LogP contribution is -2.31. The molecule has 5 nitrogen and oxygen atoms in total. The molecule has 0 aliphatic carbocycles. The average molecular weight is 298 g/mol. The van der Waals surface area contributed by atoms with Crippen molar-refractivity contribution in [2.24, 2.45) is 0 Å². The zero-order valence-electron chi connectivity index (χ0n) is 13.6. The molecule has 1 amide bonds. The van der Waals surface area contributed by atoms with Gasteiger partial charge in [-0.15, -0.1) is 10.2 Å². The van der Waals surface area contributed by atoms with Crippen LogP contribution in [-0.2, 0) is 0 Å². The number of aromatic nitrogens is 2. The maximum absolute atomic E-state index is 12.2. The van der Waals surface area contributed by atoms with Crippen LogP contribution in [0.15, 0.2) is 30.3 Å². The van der Waals surface area contributed by atoms with Gasteiger partial charge in [0.2, 0.25) is 0 Å². The minimum Gasteiger partial charge on any atom is -0.338 e. The highest BCUT2D eigenvalue weighted by atomic mass is 16.2. The lowest BCUT2D eigenvalue weighted by molar-refractivity contribution is 0.0766. The fourth-order valence-corrected chi connectivity index (χ4v) is 2.33. The van der Waals surface area contributed by atoms with Crippen LogP contribution in [0.1, 0.15) is 35.5 Å². The Labute approximate surface area is 131 Å². The molecule has 0 radical (unpaired) electrons. The summed E-state index contributed by atoms with van der Waals surface area (Å²) in [5.41, 5.74) is 3.69. The molecule has 1 aromatic carbocycles. The summed E-state index contributed by atoms with van der Waals surface area (Å²) >= 11 is 0. The number of benzene rings is 1. The summed E-state index contributed by atoms with van der Waals surface area (Å²) in [5, 5.41) is 11.4. The zero-order valence-corrected chi connectivity index (χ0v) is 13.6. The van der Waals surface area contributed by atoms with E-state index in [2.05, 4.69) is 15.5 Å². The number of carbonyl (C=O) groups excluding carboxylic acids is 1. The van der Waals surface area contributed by atoms with Gasteiger partial charge in [0.15, 0.2) is 11.5 Å². The van der Waals surface area contributed by atoms with E-state index in [0.29, 0.717) is 24.6 Å². The first-order valence-corrected chi connectivity index (χ1v) is 7.53. The van der Waals surface area contributed by atoms with E-state index in [1.54, 1.807) is 17.0 Å². The molecule has 0 spiro atoms. The first kappa shape index (κ1) is 15.9. The first-order chi connectivity index (χ1) is 10.6. The number of rotatable bonds is 5. The summed E-state index contributed by atoms with van der Waals surface area (Å²) < 4.78 is 0. The highest BCUT2D eigenvalue weighted by Crippen LogP contribution is 2.22. The van der Waals surface area contributed by atoms with Crippen LogP contribution in [0.3, 0.4) is 0 Å². The van der Waals surface area contributed by atoms with Crippen molar-refractivity contribution in [3.63, 3.8) is 0 Å². The van der Waals surface area contributed by atoms with Crippen molar-refractivity contribution in [1.29, 1.82) is 0 Å². The summed E-state index contributed by atoms with van der Waals surface area (Å²) in [6.07, 6.45) is 0. The number of carbonyl (C=O) groups is 1. The maximum atomic E-state index is 12.2. The molecule has 0 fully saturated rings. The van der Waals surface area contributed by atoms with Crippen LogP contribution in [0, 0.1) is 13.8 Å². The van der Waals surface area contributed by atoms with Crippen molar-refractivity contribution in [3.8, 4) is 0 Å². The van der Waals surface area contributed by atoms with Crippen molar-refractivity contribution in [1.82, 2.24) is 15.1 Å². The van der Waals surface area contributed by atoms with E-state index >= 15 is 0 Å². The minimum atomic E-state index is -0.0869. The lowest BCUT2D eigenvalue weighted by Gasteiger charge is -2.17. The summed E-state index contributed by atoms with van der Waals surface area (Å²) in [5.74, 6) is 0.546. The fraction of sp³-hybridized carbons (Fsp3) is 0.353. The van der Waals surface area contributed by atoms with Crippen molar-refractivity contribution in [2.75, 3.05) is 18.4 Å². The Morgan fingerprint density at radius 3 is 2.18 bits per heavy atom. The molecular formula is C17H22N4O. The van der Waals surface area contributed by atoms with Crippen molar-refractivity contribution >= 4 is 17.4 Å². The number of anilines is 2. The van der Waals surface area contributed by atoms with Crippen molar-refractivity contribution in [2.45, 2.75) is 27.7 Å². The van der Waals surface area contributed by atoms with Gasteiger partial charge in [0.05, 0.1) is 0 Å². The highest BCUT2D eigenvalue weighted by Gasteiger charge is 2.14. The number of amides is 1. The van der Waals surface area contributed by atoms with Crippen LogP contribution < -0.4 is 5.32 Å². The second kappa shape index (κ2) is 7.02. The van der Waals surface area contributed by atoms with E-state index in [0.717, 1.165) is 16.8 Å². The fourth-order valence-electron chi connectivity index (χ4n) is 2.33. The smallest absolute Gasteiger partial charge is 0.274 e. The molecule has 22 heavy (non-hydrogen) atoms. The average Bonchev–Trinajstić information content (AvgIpc) is 2.53. The Hall–Kier alpha value is -2.43. The van der Waals surface area contributed by atoms with Crippen LogP contribution in [0.5, 0.6) is 0 Å². The van der Waals surface area contributed by atoms with Gasteiger partial charge in [-0.25, -0.2) is 0 Å². The van der Waals surface area contributed by atoms with Gasteiger partial charge in [-0.2, -0.15) is 0 Å². The third kappa shape index (κ3) is 3.42. The second-order valence-corrected chi connectivity index (χ2v) is 5.17. The summed E-state index contributed by atoms with van der Waals surface area (Å²) in [6.45, 7) is 9.32. The predicted octanol–water partition coefficient (Wildman–Crippen LogP) is 3.32. The number of nitrogens with zero attached hydrogens (tertiary/aromatic N) is 3. The van der Waals surface area contributed by atoms with Gasteiger partial charge in [0.25, 0.3) is 5.91 Å². The predicted molar refractivity (Wildman–Crippen MR) is 88.5 cm³/mol. The topological polar surface area (TPSA) is 58.1 Å². The quantitative estimate of drug-likeness (QED) is 0.920. The molecule has 1 aromatic heterocycles. The van der Waals surface area contributed by atoms with Crippen LogP contribution in [0.25, 0.3) is 0 Å². The molecule has 116 valence electrons. The number of hydrogen-bond acceptors (Lipinski definition) is 4. The third-order valence-electron chi connectivity index (χ3n) is 3.67. The molecule has 0 bridgehead atoms. The summed E-state index contributed by atoms with van der Waals surface area (Å²) in [7, 11) is 0. The second-order valence-electron chi connectivity index (χ2n) is 5.17. The van der Waals surface area contributed by atoms with E-state index in [-0.39, 0.29) is 5.91 Å². The van der Waals surface area contributed by atoms with E-state index in [1.807, 2.05) is 45.9 Å². The normalized spacial score (nSPS) is 10.4. The van der Waals surface area contributed by atoms with Crippen LogP contribution in [0.2, 0.25) is 0 Å². The molecule has 0 unspecified atom stereocenters. The Morgan fingerprint density at radius 1 is 1.05 bits per heavy atom. The van der Waals surface area contributed by atoms with Gasteiger partial charge >= 0.3 is 0 Å². The van der Waals surface area contributed by atoms with Gasteiger partial charge in [0.1, 0.15) is 0 Å². The minimum absolute atomic E-state index is 0.0869. The van der Waals surface area contributed by atoms with Crippen LogP contribution in [0.4, 0.5) is 11.5 Å². The summed E-state index contributed by atoms with van der Waals surface area (Å²) in [6, 6.07) is 9.61. The molecule has 0 saturated heterocycles. The Balaban J connectivity index is 2.17. The SMILES string of the molecule is CCN(CC)C(=O)c1ccc(Nc2c(C)cccc2C)nn1. The van der Waals surface area contributed by atoms with E-state index in [9.17, 15) is 4.79 Å². The van der Waals surface area contributed by atoms with E-state index in [1.165, 1.54) is 0 Å². The van der Waals surface area contributed by atoms with Crippen molar-refractivity contribution in [3.05, 3.63) is 47.2 Å². The van der Waals surface area contributed by atoms with Crippen LogP contribution in [-0.4, -0.2) is 34.1 Å². The van der Waals surface area contributed by atoms with Crippen molar-refractivity contribution < 1.29 is 4.79 Å². The molecule has 2 aromatic rings. The standard InChI is InChI=1S/C17H22N4O/c1-5-21(6-2)17(22)14-10-11-15(20-19-14)18-16-12(3)8-7-9-13(16)4/h7-11H,5-6H2,1-4H3,(H,18,20). The number of nitrogens with one attached hydrogen (secondary N) is 1. The Bertz CT molecular complexity index is 628. The third-order valence-corrected chi connectivity index (χ3v) is 3.67.